The topological polar surface area (TPSA) is 111 Å². The van der Waals surface area contributed by atoms with Gasteiger partial charge in [0.2, 0.25) is 6.17 Å². The Hall–Kier alpha value is -5.12. The molecule has 0 bridgehead atoms. The maximum absolute atomic E-state index is 13.8. The lowest BCUT2D eigenvalue weighted by Gasteiger charge is -2.21. The summed E-state index contributed by atoms with van der Waals surface area (Å²) in [5, 5.41) is 3.56. The molecule has 1 aromatic heterocycles. The van der Waals surface area contributed by atoms with E-state index in [2.05, 4.69) is 5.32 Å². The van der Waals surface area contributed by atoms with E-state index in [0.717, 1.165) is 10.9 Å². The average Bonchev–Trinajstić information content (AvgIpc) is 3.31. The van der Waals surface area contributed by atoms with Crippen molar-refractivity contribution in [2.75, 3.05) is 33.3 Å². The maximum atomic E-state index is 13.8. The number of rotatable bonds is 7. The predicted octanol–water partition coefficient (Wildman–Crippen LogP) is 3.71. The highest BCUT2D eigenvalue weighted by atomic mass is 16.5. The fourth-order valence-corrected chi connectivity index (χ4v) is 5.05. The Morgan fingerprint density at radius 2 is 1.61 bits per heavy atom. The van der Waals surface area contributed by atoms with Gasteiger partial charge < -0.3 is 29.0 Å². The summed E-state index contributed by atoms with van der Waals surface area (Å²) in [7, 11) is 6.03. The number of likely N-dealkylation sites (N-methyl/N-ethyl adjacent to an activating group) is 1. The molecule has 0 saturated heterocycles. The molecule has 1 N–H and O–H groups in total. The van der Waals surface area contributed by atoms with Gasteiger partial charge in [-0.3, -0.25) is 14.4 Å². The largest absolute Gasteiger partial charge is 0.496 e. The zero-order valence-corrected chi connectivity index (χ0v) is 23.4. The molecular formula is C31H30N4O6. The third kappa shape index (κ3) is 5.00. The summed E-state index contributed by atoms with van der Waals surface area (Å²) in [5.41, 5.74) is 4.04. The van der Waals surface area contributed by atoms with E-state index in [1.807, 2.05) is 67.6 Å². The lowest BCUT2D eigenvalue weighted by molar-refractivity contribution is -0.141. The first-order valence-corrected chi connectivity index (χ1v) is 12.9. The van der Waals surface area contributed by atoms with Gasteiger partial charge in [0.15, 0.2) is 0 Å². The number of fused-ring (bicyclic) bond motifs is 2. The summed E-state index contributed by atoms with van der Waals surface area (Å²) in [4.78, 5) is 46.0. The number of benzene rings is 3. The van der Waals surface area contributed by atoms with Gasteiger partial charge in [-0.15, -0.1) is 0 Å². The first kappa shape index (κ1) is 27.4. The zero-order valence-electron chi connectivity index (χ0n) is 23.4. The third-order valence-electron chi connectivity index (χ3n) is 7.06. The van der Waals surface area contributed by atoms with E-state index in [-0.39, 0.29) is 12.2 Å². The molecule has 3 aromatic carbocycles. The first-order chi connectivity index (χ1) is 19.8. The lowest BCUT2D eigenvalue weighted by Crippen LogP contribution is -2.46. The van der Waals surface area contributed by atoms with E-state index >= 15 is 0 Å². The molecule has 0 spiro atoms. The van der Waals surface area contributed by atoms with Gasteiger partial charge in [-0.2, -0.15) is 0 Å². The minimum Gasteiger partial charge on any atom is -0.496 e. The smallest absolute Gasteiger partial charge is 0.325 e. The molecule has 1 aliphatic rings. The van der Waals surface area contributed by atoms with E-state index in [1.54, 1.807) is 31.9 Å². The Kier molecular flexibility index (Phi) is 7.47. The van der Waals surface area contributed by atoms with E-state index in [4.69, 9.17) is 19.2 Å². The van der Waals surface area contributed by atoms with Crippen LogP contribution in [0.25, 0.3) is 10.9 Å². The van der Waals surface area contributed by atoms with Crippen molar-refractivity contribution in [1.29, 1.82) is 0 Å². The number of carbonyl (C=O) groups excluding carboxylic acids is 3. The molecule has 10 heteroatoms. The monoisotopic (exact) mass is 554 g/mol. The fraction of sp³-hybridized carbons (Fsp3) is 0.226. The van der Waals surface area contributed by atoms with Crippen LogP contribution in [0.2, 0.25) is 0 Å². The standard InChI is InChI=1S/C31H30N4O6/c1-18-14-24(39-3)27(25(15-18)40-4)28-20-11-7-9-13-22(20)34(2)31(38)29(32-28)33-30(37)23-16-19-10-6-8-12-21(19)35(23)17-26(36)41-5/h6-16,29H,17H2,1-5H3,(H,33,37). The molecule has 2 heterocycles. The fourth-order valence-electron chi connectivity index (χ4n) is 5.05. The van der Waals surface area contributed by atoms with Crippen molar-refractivity contribution in [1.82, 2.24) is 9.88 Å². The van der Waals surface area contributed by atoms with E-state index < -0.39 is 23.9 Å². The number of aryl methyl sites for hydroxylation is 1. The Morgan fingerprint density at radius 3 is 2.29 bits per heavy atom. The Labute approximate surface area is 237 Å². The summed E-state index contributed by atoms with van der Waals surface area (Å²) in [6.07, 6.45) is -1.30. The number of ether oxygens (including phenoxy) is 3. The van der Waals surface area contributed by atoms with Crippen molar-refractivity contribution in [3.63, 3.8) is 0 Å². The van der Waals surface area contributed by atoms with Crippen LogP contribution in [-0.2, 0) is 20.9 Å². The molecule has 1 atom stereocenters. The molecule has 0 saturated carbocycles. The highest BCUT2D eigenvalue weighted by molar-refractivity contribution is 6.22. The van der Waals surface area contributed by atoms with E-state index in [0.29, 0.717) is 39.5 Å². The lowest BCUT2D eigenvalue weighted by atomic mass is 9.97. The maximum Gasteiger partial charge on any atom is 0.325 e. The van der Waals surface area contributed by atoms with Gasteiger partial charge in [0.1, 0.15) is 23.7 Å². The van der Waals surface area contributed by atoms with Gasteiger partial charge in [-0.05, 0) is 42.8 Å². The Balaban J connectivity index is 1.65. The number of esters is 1. The number of nitrogens with one attached hydrogen (secondary N) is 1. The average molecular weight is 555 g/mol. The van der Waals surface area contributed by atoms with Gasteiger partial charge in [-0.25, -0.2) is 4.99 Å². The van der Waals surface area contributed by atoms with Crippen molar-refractivity contribution in [3.05, 3.63) is 89.1 Å². The molecule has 10 nitrogen and oxygen atoms in total. The summed E-state index contributed by atoms with van der Waals surface area (Å²) in [6.45, 7) is 1.74. The summed E-state index contributed by atoms with van der Waals surface area (Å²) < 4.78 is 17.9. The minimum absolute atomic E-state index is 0.178. The molecule has 5 rings (SSSR count). The number of amides is 2. The number of aromatic nitrogens is 1. The summed E-state index contributed by atoms with van der Waals surface area (Å²) in [6, 6.07) is 20.0. The molecule has 41 heavy (non-hydrogen) atoms. The van der Waals surface area contributed by atoms with Gasteiger partial charge in [-0.1, -0.05) is 36.4 Å². The summed E-state index contributed by atoms with van der Waals surface area (Å²) >= 11 is 0. The number of methoxy groups -OCH3 is 3. The molecular weight excluding hydrogens is 524 g/mol. The Bertz CT molecular complexity index is 1680. The number of aliphatic imine (C=N–C) groups is 1. The number of anilines is 1. The predicted molar refractivity (Wildman–Crippen MR) is 155 cm³/mol. The number of para-hydroxylation sites is 2. The molecule has 4 aromatic rings. The number of hydrogen-bond acceptors (Lipinski definition) is 7. The highest BCUT2D eigenvalue weighted by Gasteiger charge is 2.34. The third-order valence-corrected chi connectivity index (χ3v) is 7.06. The van der Waals surface area contributed by atoms with Crippen LogP contribution in [0.1, 0.15) is 27.2 Å². The second-order valence-corrected chi connectivity index (χ2v) is 9.56. The van der Waals surface area contributed by atoms with Crippen molar-refractivity contribution >= 4 is 40.1 Å². The van der Waals surface area contributed by atoms with E-state index in [1.165, 1.54) is 12.0 Å². The zero-order chi connectivity index (χ0) is 29.3. The molecule has 2 amide bonds. The Morgan fingerprint density at radius 1 is 0.951 bits per heavy atom. The second-order valence-electron chi connectivity index (χ2n) is 9.56. The van der Waals surface area contributed by atoms with Crippen molar-refractivity contribution in [3.8, 4) is 11.5 Å². The normalized spacial score (nSPS) is 14.7. The van der Waals surface area contributed by atoms with Gasteiger partial charge >= 0.3 is 5.97 Å². The van der Waals surface area contributed by atoms with Gasteiger partial charge in [0.05, 0.1) is 38.3 Å². The van der Waals surface area contributed by atoms with E-state index in [9.17, 15) is 14.4 Å². The number of benzodiazepines with no additional fused rings is 1. The molecule has 0 fully saturated rings. The number of nitrogens with zero attached hydrogens (tertiary/aromatic N) is 3. The van der Waals surface area contributed by atoms with Crippen LogP contribution in [0.5, 0.6) is 11.5 Å². The molecule has 1 aliphatic heterocycles. The number of carbonyl (C=O) groups is 3. The first-order valence-electron chi connectivity index (χ1n) is 12.9. The number of hydrogen-bond donors (Lipinski definition) is 1. The van der Waals surface area contributed by atoms with Crippen LogP contribution in [-0.4, -0.2) is 62.6 Å². The van der Waals surface area contributed by atoms with Crippen LogP contribution in [0.3, 0.4) is 0 Å². The molecule has 0 radical (unpaired) electrons. The van der Waals surface area contributed by atoms with Crippen molar-refractivity contribution in [2.45, 2.75) is 19.6 Å². The minimum atomic E-state index is -1.30. The van der Waals surface area contributed by atoms with Crippen LogP contribution < -0.4 is 19.7 Å². The molecule has 1 unspecified atom stereocenters. The van der Waals surface area contributed by atoms with Crippen LogP contribution in [0.4, 0.5) is 5.69 Å². The highest BCUT2D eigenvalue weighted by Crippen LogP contribution is 2.36. The SMILES string of the molecule is COC(=O)Cn1c(C(=O)NC2N=C(c3c(OC)cc(C)cc3OC)c3ccccc3N(C)C2=O)cc2ccccc21. The second kappa shape index (κ2) is 11.2. The van der Waals surface area contributed by atoms with Crippen LogP contribution in [0, 0.1) is 6.92 Å². The van der Waals surface area contributed by atoms with Crippen LogP contribution in [0.15, 0.2) is 71.7 Å². The van der Waals surface area contributed by atoms with Crippen LogP contribution >= 0.6 is 0 Å². The summed E-state index contributed by atoms with van der Waals surface area (Å²) in [5.74, 6) is -0.512. The quantitative estimate of drug-likeness (QED) is 0.349. The molecule has 210 valence electrons. The molecule has 0 aliphatic carbocycles. The van der Waals surface area contributed by atoms with Crippen molar-refractivity contribution < 1.29 is 28.6 Å². The van der Waals surface area contributed by atoms with Crippen molar-refractivity contribution in [2.24, 2.45) is 4.99 Å². The van der Waals surface area contributed by atoms with Gasteiger partial charge in [0, 0.05) is 23.5 Å². The van der Waals surface area contributed by atoms with Gasteiger partial charge in [0.25, 0.3) is 11.8 Å².